The van der Waals surface area contributed by atoms with Gasteiger partial charge in [-0.25, -0.2) is 9.97 Å². The molecule has 1 aromatic heterocycles. The Morgan fingerprint density at radius 1 is 1.20 bits per heavy atom. The van der Waals surface area contributed by atoms with Gasteiger partial charge in [0.2, 0.25) is 0 Å². The molecule has 4 rings (SSSR count). The first-order valence-electron chi connectivity index (χ1n) is 7.14. The van der Waals surface area contributed by atoms with Crippen LogP contribution in [0.15, 0.2) is 24.3 Å². The first-order chi connectivity index (χ1) is 9.81. The van der Waals surface area contributed by atoms with Gasteiger partial charge in [0.05, 0.1) is 18.9 Å². The number of aromatic nitrogens is 2. The Bertz CT molecular complexity index is 665. The van der Waals surface area contributed by atoms with Gasteiger partial charge in [0, 0.05) is 17.5 Å². The van der Waals surface area contributed by atoms with Crippen molar-refractivity contribution in [3.05, 3.63) is 41.1 Å². The molecule has 0 atom stereocenters. The Kier molecular flexibility index (Phi) is 2.70. The van der Waals surface area contributed by atoms with Crippen LogP contribution >= 0.6 is 0 Å². The lowest BCUT2D eigenvalue weighted by atomic mass is 10.1. The Labute approximate surface area is 118 Å². The minimum Gasteiger partial charge on any atom is -0.383 e. The van der Waals surface area contributed by atoms with Gasteiger partial charge in [-0.15, -0.1) is 0 Å². The summed E-state index contributed by atoms with van der Waals surface area (Å²) in [7, 11) is 0. The molecule has 2 aromatic rings. The second-order valence-corrected chi connectivity index (χ2v) is 5.56. The number of rotatable bonds is 2. The summed E-state index contributed by atoms with van der Waals surface area (Å²) in [5.74, 6) is 2.03. The van der Waals surface area contributed by atoms with Crippen LogP contribution in [-0.2, 0) is 17.8 Å². The smallest absolute Gasteiger partial charge is 0.161 e. The van der Waals surface area contributed by atoms with Crippen molar-refractivity contribution in [3.8, 4) is 11.4 Å². The van der Waals surface area contributed by atoms with Crippen molar-refractivity contribution < 1.29 is 4.74 Å². The molecule has 0 unspecified atom stereocenters. The topological polar surface area (TPSA) is 61.0 Å². The molecule has 1 aliphatic heterocycles. The van der Waals surface area contributed by atoms with E-state index in [1.165, 1.54) is 18.4 Å². The number of benzene rings is 1. The molecule has 0 bridgehead atoms. The number of nitrogen functional groups attached to an aromatic ring is 1. The van der Waals surface area contributed by atoms with Gasteiger partial charge in [0.15, 0.2) is 5.82 Å². The number of ether oxygens (including phenoxy) is 1. The summed E-state index contributed by atoms with van der Waals surface area (Å²) in [6, 6.07) is 8.55. The van der Waals surface area contributed by atoms with Gasteiger partial charge in [-0.2, -0.15) is 0 Å². The summed E-state index contributed by atoms with van der Waals surface area (Å²) in [5, 5.41) is 0. The van der Waals surface area contributed by atoms with Crippen LogP contribution in [0, 0.1) is 0 Å². The third-order valence-electron chi connectivity index (χ3n) is 4.05. The zero-order valence-electron chi connectivity index (χ0n) is 11.3. The number of hydrogen-bond donors (Lipinski definition) is 1. The molecule has 0 saturated heterocycles. The zero-order chi connectivity index (χ0) is 13.5. The predicted octanol–water partition coefficient (Wildman–Crippen LogP) is 2.68. The molecule has 1 fully saturated rings. The van der Waals surface area contributed by atoms with Crippen LogP contribution in [0.25, 0.3) is 11.4 Å². The van der Waals surface area contributed by atoms with E-state index in [-0.39, 0.29) is 0 Å². The molecule has 1 aromatic carbocycles. The Morgan fingerprint density at radius 3 is 2.95 bits per heavy atom. The normalized spacial score (nSPS) is 17.8. The van der Waals surface area contributed by atoms with Crippen molar-refractivity contribution in [1.29, 1.82) is 0 Å². The predicted molar refractivity (Wildman–Crippen MR) is 77.2 cm³/mol. The Morgan fingerprint density at radius 2 is 2.10 bits per heavy atom. The lowest BCUT2D eigenvalue weighted by molar-refractivity contribution is 0.109. The fourth-order valence-electron chi connectivity index (χ4n) is 2.73. The average Bonchev–Trinajstić information content (AvgIpc) is 3.32. The maximum Gasteiger partial charge on any atom is 0.161 e. The molecule has 0 amide bonds. The molecule has 0 radical (unpaired) electrons. The molecule has 1 saturated carbocycles. The molecule has 4 heteroatoms. The average molecular weight is 267 g/mol. The summed E-state index contributed by atoms with van der Waals surface area (Å²) in [4.78, 5) is 9.16. The van der Waals surface area contributed by atoms with Gasteiger partial charge in [-0.3, -0.25) is 0 Å². The summed E-state index contributed by atoms with van der Waals surface area (Å²) in [5.41, 5.74) is 10.5. The third kappa shape index (κ3) is 2.06. The van der Waals surface area contributed by atoms with Crippen LogP contribution < -0.4 is 5.73 Å². The highest BCUT2D eigenvalue weighted by Gasteiger charge is 2.24. The van der Waals surface area contributed by atoms with Gasteiger partial charge in [-0.05, 0) is 30.4 Å². The van der Waals surface area contributed by atoms with E-state index in [1.54, 1.807) is 0 Å². The first kappa shape index (κ1) is 11.9. The quantitative estimate of drug-likeness (QED) is 0.908. The maximum absolute atomic E-state index is 6.06. The lowest BCUT2D eigenvalue weighted by Gasteiger charge is -2.17. The fraction of sp³-hybridized carbons (Fsp3) is 0.375. The van der Waals surface area contributed by atoms with Gasteiger partial charge in [0.1, 0.15) is 5.82 Å². The number of nitrogens with two attached hydrogens (primary N) is 1. The summed E-state index contributed by atoms with van der Waals surface area (Å²) >= 11 is 0. The molecule has 20 heavy (non-hydrogen) atoms. The monoisotopic (exact) mass is 267 g/mol. The number of nitrogens with zero attached hydrogens (tertiary/aromatic N) is 2. The van der Waals surface area contributed by atoms with Crippen LogP contribution in [0.2, 0.25) is 0 Å². The molecule has 1 aliphatic carbocycles. The lowest BCUT2D eigenvalue weighted by Crippen LogP contribution is -2.16. The highest BCUT2D eigenvalue weighted by molar-refractivity contribution is 5.60. The number of fused-ring (bicyclic) bond motifs is 1. The molecule has 0 spiro atoms. The molecule has 2 aliphatic rings. The highest BCUT2D eigenvalue weighted by Crippen LogP contribution is 2.41. The Hall–Kier alpha value is -1.94. The summed E-state index contributed by atoms with van der Waals surface area (Å²) in [6.07, 6.45) is 3.42. The van der Waals surface area contributed by atoms with Crippen LogP contribution in [-0.4, -0.2) is 16.6 Å². The van der Waals surface area contributed by atoms with Crippen LogP contribution in [0.1, 0.15) is 35.6 Å². The highest BCUT2D eigenvalue weighted by atomic mass is 16.5. The number of anilines is 1. The van der Waals surface area contributed by atoms with Gasteiger partial charge < -0.3 is 10.5 Å². The summed E-state index contributed by atoms with van der Waals surface area (Å²) < 4.78 is 5.42. The maximum atomic E-state index is 6.06. The molecule has 102 valence electrons. The SMILES string of the molecule is Nc1nc(-c2cccc(C3CC3)c2)nc2c1COCC2. The third-order valence-corrected chi connectivity index (χ3v) is 4.05. The molecular weight excluding hydrogens is 250 g/mol. The van der Waals surface area contributed by atoms with Crippen molar-refractivity contribution in [3.63, 3.8) is 0 Å². The largest absolute Gasteiger partial charge is 0.383 e. The fourth-order valence-corrected chi connectivity index (χ4v) is 2.73. The van der Waals surface area contributed by atoms with E-state index in [0.29, 0.717) is 19.0 Å². The van der Waals surface area contributed by atoms with Gasteiger partial charge in [0.25, 0.3) is 0 Å². The van der Waals surface area contributed by atoms with Gasteiger partial charge in [-0.1, -0.05) is 18.2 Å². The van der Waals surface area contributed by atoms with Crippen molar-refractivity contribution in [2.75, 3.05) is 12.3 Å². The van der Waals surface area contributed by atoms with Crippen LogP contribution in [0.5, 0.6) is 0 Å². The molecule has 4 nitrogen and oxygen atoms in total. The second-order valence-electron chi connectivity index (χ2n) is 5.56. The second kappa shape index (κ2) is 4.56. The van der Waals surface area contributed by atoms with Crippen LogP contribution in [0.4, 0.5) is 5.82 Å². The molecule has 2 N–H and O–H groups in total. The van der Waals surface area contributed by atoms with E-state index in [9.17, 15) is 0 Å². The van der Waals surface area contributed by atoms with Crippen molar-refractivity contribution in [2.45, 2.75) is 31.8 Å². The van der Waals surface area contributed by atoms with E-state index in [2.05, 4.69) is 29.2 Å². The van der Waals surface area contributed by atoms with E-state index in [0.717, 1.165) is 35.0 Å². The van der Waals surface area contributed by atoms with E-state index < -0.39 is 0 Å². The first-order valence-corrected chi connectivity index (χ1v) is 7.14. The Balaban J connectivity index is 1.78. The van der Waals surface area contributed by atoms with E-state index in [1.807, 2.05) is 0 Å². The minimum atomic E-state index is 0.531. The van der Waals surface area contributed by atoms with Gasteiger partial charge >= 0.3 is 0 Å². The minimum absolute atomic E-state index is 0.531. The van der Waals surface area contributed by atoms with Crippen LogP contribution in [0.3, 0.4) is 0 Å². The molecule has 2 heterocycles. The van der Waals surface area contributed by atoms with E-state index >= 15 is 0 Å². The number of hydrogen-bond acceptors (Lipinski definition) is 4. The van der Waals surface area contributed by atoms with E-state index in [4.69, 9.17) is 15.5 Å². The molecular formula is C16H17N3O. The zero-order valence-corrected chi connectivity index (χ0v) is 11.3. The van der Waals surface area contributed by atoms with Crippen molar-refractivity contribution in [2.24, 2.45) is 0 Å². The van der Waals surface area contributed by atoms with Crippen molar-refractivity contribution >= 4 is 5.82 Å². The summed E-state index contributed by atoms with van der Waals surface area (Å²) in [6.45, 7) is 1.24. The standard InChI is InChI=1S/C16H17N3O/c17-15-13-9-20-7-6-14(13)18-16(19-15)12-3-1-2-11(8-12)10-4-5-10/h1-3,8,10H,4-7,9H2,(H2,17,18,19). The van der Waals surface area contributed by atoms with Crippen molar-refractivity contribution in [1.82, 2.24) is 9.97 Å².